The molecule has 0 radical (unpaired) electrons. The van der Waals surface area contributed by atoms with Crippen LogP contribution in [0.2, 0.25) is 0 Å². The maximum atomic E-state index is 13.9. The highest BCUT2D eigenvalue weighted by atomic mass is 16.5. The molecule has 0 bridgehead atoms. The average molecular weight is 556 g/mol. The highest BCUT2D eigenvalue weighted by molar-refractivity contribution is 6.10. The number of fused-ring (bicyclic) bond motifs is 2. The number of hydrogen-bond acceptors (Lipinski definition) is 7. The Morgan fingerprint density at radius 3 is 2.44 bits per heavy atom. The number of carbonyl (C=O) groups is 2. The summed E-state index contributed by atoms with van der Waals surface area (Å²) >= 11 is 0. The van der Waals surface area contributed by atoms with Gasteiger partial charge in [0.25, 0.3) is 5.91 Å². The van der Waals surface area contributed by atoms with Gasteiger partial charge in [-0.25, -0.2) is 4.79 Å². The van der Waals surface area contributed by atoms with E-state index in [1.165, 1.54) is 4.90 Å². The van der Waals surface area contributed by atoms with Gasteiger partial charge < -0.3 is 18.6 Å². The summed E-state index contributed by atoms with van der Waals surface area (Å²) in [7, 11) is 1.56. The highest BCUT2D eigenvalue weighted by Crippen LogP contribution is 2.43. The Morgan fingerprint density at radius 1 is 0.927 bits per heavy atom. The Kier molecular flexibility index (Phi) is 8.38. The van der Waals surface area contributed by atoms with E-state index in [1.807, 2.05) is 6.07 Å². The van der Waals surface area contributed by atoms with Crippen LogP contribution in [0.3, 0.4) is 0 Å². The van der Waals surface area contributed by atoms with E-state index in [1.54, 1.807) is 74.7 Å². The van der Waals surface area contributed by atoms with Crippen molar-refractivity contribution < 1.29 is 28.2 Å². The summed E-state index contributed by atoms with van der Waals surface area (Å²) in [6.45, 7) is 4.72. The Morgan fingerprint density at radius 2 is 1.71 bits per heavy atom. The number of para-hydroxylation sites is 1. The van der Waals surface area contributed by atoms with Gasteiger partial charge in [0.2, 0.25) is 5.76 Å². The third kappa shape index (κ3) is 5.42. The third-order valence-electron chi connectivity index (χ3n) is 7.19. The van der Waals surface area contributed by atoms with Crippen molar-refractivity contribution in [1.29, 1.82) is 0 Å². The van der Waals surface area contributed by atoms with Crippen molar-refractivity contribution in [3.63, 3.8) is 0 Å². The second-order valence-electron chi connectivity index (χ2n) is 9.83. The molecule has 1 aliphatic rings. The van der Waals surface area contributed by atoms with Crippen LogP contribution in [0.15, 0.2) is 75.9 Å². The number of hydrogen-bond donors (Lipinski definition) is 0. The normalized spacial score (nSPS) is 14.3. The molecule has 1 aromatic heterocycles. The molecule has 3 aromatic carbocycles. The zero-order chi connectivity index (χ0) is 28.9. The lowest BCUT2D eigenvalue weighted by molar-refractivity contribution is 0.0526. The maximum Gasteiger partial charge on any atom is 0.338 e. The first-order valence-corrected chi connectivity index (χ1v) is 14.0. The third-order valence-corrected chi connectivity index (χ3v) is 7.19. The predicted molar refractivity (Wildman–Crippen MR) is 156 cm³/mol. The van der Waals surface area contributed by atoms with Gasteiger partial charge in [-0.15, -0.1) is 0 Å². The van der Waals surface area contributed by atoms with E-state index < -0.39 is 17.9 Å². The Hall–Kier alpha value is -4.59. The number of ether oxygens (including phenoxy) is 3. The molecule has 8 heteroatoms. The van der Waals surface area contributed by atoms with Gasteiger partial charge in [-0.3, -0.25) is 14.5 Å². The molecule has 0 saturated carbocycles. The van der Waals surface area contributed by atoms with E-state index in [0.717, 1.165) is 25.7 Å². The number of methoxy groups -OCH3 is 1. The van der Waals surface area contributed by atoms with E-state index in [4.69, 9.17) is 18.6 Å². The van der Waals surface area contributed by atoms with Crippen molar-refractivity contribution in [2.75, 3.05) is 25.2 Å². The monoisotopic (exact) mass is 555 g/mol. The number of unbranched alkanes of at least 4 members (excludes halogenated alkanes) is 3. The smallest absolute Gasteiger partial charge is 0.338 e. The number of esters is 1. The lowest BCUT2D eigenvalue weighted by atomic mass is 9.97. The molecule has 41 heavy (non-hydrogen) atoms. The molecule has 0 spiro atoms. The predicted octanol–water partition coefficient (Wildman–Crippen LogP) is 6.69. The molecule has 5 rings (SSSR count). The highest BCUT2D eigenvalue weighted by Gasteiger charge is 2.44. The zero-order valence-electron chi connectivity index (χ0n) is 23.5. The number of amides is 1. The van der Waals surface area contributed by atoms with Crippen molar-refractivity contribution in [3.05, 3.63) is 99.4 Å². The molecule has 0 N–H and O–H groups in total. The van der Waals surface area contributed by atoms with Gasteiger partial charge in [-0.05, 0) is 67.4 Å². The van der Waals surface area contributed by atoms with Gasteiger partial charge in [0, 0.05) is 5.69 Å². The van der Waals surface area contributed by atoms with Crippen LogP contribution in [-0.2, 0) is 4.74 Å². The number of carbonyl (C=O) groups excluding carboxylic acids is 2. The van der Waals surface area contributed by atoms with Crippen LogP contribution in [0.4, 0.5) is 5.69 Å². The van der Waals surface area contributed by atoms with E-state index in [0.29, 0.717) is 45.9 Å². The molecule has 0 saturated heterocycles. The number of anilines is 1. The zero-order valence-corrected chi connectivity index (χ0v) is 23.5. The Bertz CT molecular complexity index is 1620. The van der Waals surface area contributed by atoms with Crippen LogP contribution in [0.5, 0.6) is 11.5 Å². The first-order valence-electron chi connectivity index (χ1n) is 14.0. The van der Waals surface area contributed by atoms with E-state index in [2.05, 4.69) is 6.92 Å². The second-order valence-corrected chi connectivity index (χ2v) is 9.83. The molecule has 1 atom stereocenters. The summed E-state index contributed by atoms with van der Waals surface area (Å²) < 4.78 is 22.8. The SMILES string of the molecule is CCCCCCOc1ccc(C2c3c(oc4ccccc4c3=O)C(=O)N2c2ccc(C(=O)OCC)cc2)cc1OC. The van der Waals surface area contributed by atoms with Crippen LogP contribution in [-0.4, -0.2) is 32.2 Å². The van der Waals surface area contributed by atoms with Crippen molar-refractivity contribution in [1.82, 2.24) is 0 Å². The van der Waals surface area contributed by atoms with Gasteiger partial charge in [0.1, 0.15) is 5.58 Å². The molecule has 0 fully saturated rings. The summed E-state index contributed by atoms with van der Waals surface area (Å²) in [5.74, 6) is 0.176. The summed E-state index contributed by atoms with van der Waals surface area (Å²) in [6.07, 6.45) is 4.33. The van der Waals surface area contributed by atoms with E-state index in [-0.39, 0.29) is 23.4 Å². The molecule has 4 aromatic rings. The van der Waals surface area contributed by atoms with Crippen LogP contribution < -0.4 is 19.8 Å². The summed E-state index contributed by atoms with van der Waals surface area (Å²) in [6, 6.07) is 18.1. The molecule has 2 heterocycles. The quantitative estimate of drug-likeness (QED) is 0.150. The van der Waals surface area contributed by atoms with Crippen molar-refractivity contribution in [2.45, 2.75) is 45.6 Å². The fraction of sp³-hybridized carbons (Fsp3) is 0.303. The molecular formula is C33H33NO7. The fourth-order valence-electron chi connectivity index (χ4n) is 5.16. The average Bonchev–Trinajstić information content (AvgIpc) is 3.29. The van der Waals surface area contributed by atoms with Gasteiger partial charge in [0.05, 0.1) is 42.9 Å². The maximum absolute atomic E-state index is 13.9. The lowest BCUT2D eigenvalue weighted by Crippen LogP contribution is -2.29. The van der Waals surface area contributed by atoms with Gasteiger partial charge >= 0.3 is 5.97 Å². The summed E-state index contributed by atoms with van der Waals surface area (Å²) in [5, 5.41) is 0.391. The standard InChI is InChI=1S/C33H33NO7/c1-4-6-7-10-19-40-26-18-15-22(20-27(26)38-3)29-28-30(35)24-11-8-9-12-25(24)41-31(28)32(36)34(29)23-16-13-21(14-17-23)33(37)39-5-2/h8-9,11-18,20,29H,4-7,10,19H2,1-3H3. The van der Waals surface area contributed by atoms with Gasteiger partial charge in [-0.1, -0.05) is 44.4 Å². The molecule has 8 nitrogen and oxygen atoms in total. The topological polar surface area (TPSA) is 95.3 Å². The molecule has 1 amide bonds. The Labute approximate surface area is 238 Å². The molecule has 1 unspecified atom stereocenters. The minimum atomic E-state index is -0.792. The minimum Gasteiger partial charge on any atom is -0.493 e. The number of rotatable bonds is 11. The van der Waals surface area contributed by atoms with Crippen molar-refractivity contribution in [2.24, 2.45) is 0 Å². The molecule has 1 aliphatic heterocycles. The van der Waals surface area contributed by atoms with E-state index >= 15 is 0 Å². The van der Waals surface area contributed by atoms with Crippen LogP contribution in [0.1, 0.15) is 77.6 Å². The number of benzene rings is 3. The van der Waals surface area contributed by atoms with Crippen molar-refractivity contribution in [3.8, 4) is 11.5 Å². The van der Waals surface area contributed by atoms with Gasteiger partial charge in [0.15, 0.2) is 16.9 Å². The lowest BCUT2D eigenvalue weighted by Gasteiger charge is -2.26. The summed E-state index contributed by atoms with van der Waals surface area (Å²) in [5.41, 5.74) is 1.83. The summed E-state index contributed by atoms with van der Waals surface area (Å²) in [4.78, 5) is 41.5. The van der Waals surface area contributed by atoms with Gasteiger partial charge in [-0.2, -0.15) is 0 Å². The van der Waals surface area contributed by atoms with Crippen molar-refractivity contribution >= 4 is 28.5 Å². The second kappa shape index (κ2) is 12.3. The molecular weight excluding hydrogens is 522 g/mol. The largest absolute Gasteiger partial charge is 0.493 e. The minimum absolute atomic E-state index is 0.0108. The van der Waals surface area contributed by atoms with Crippen LogP contribution in [0.25, 0.3) is 11.0 Å². The Balaban J connectivity index is 1.59. The molecule has 0 aliphatic carbocycles. The first-order chi connectivity index (χ1) is 20.0. The fourth-order valence-corrected chi connectivity index (χ4v) is 5.16. The first kappa shape index (κ1) is 28.0. The van der Waals surface area contributed by atoms with E-state index in [9.17, 15) is 14.4 Å². The van der Waals surface area contributed by atoms with Crippen LogP contribution >= 0.6 is 0 Å². The molecule has 212 valence electrons. The number of nitrogens with zero attached hydrogens (tertiary/aromatic N) is 1. The van der Waals surface area contributed by atoms with Crippen LogP contribution in [0, 0.1) is 0 Å².